The predicted octanol–water partition coefficient (Wildman–Crippen LogP) is 2.03. The van der Waals surface area contributed by atoms with Gasteiger partial charge in [-0.25, -0.2) is 13.9 Å². The average Bonchev–Trinajstić information content (AvgIpc) is 2.63. The predicted molar refractivity (Wildman–Crippen MR) is 106 cm³/mol. The Labute approximate surface area is 163 Å². The molecule has 0 aliphatic carbocycles. The molecule has 1 aromatic carbocycles. The fourth-order valence-electron chi connectivity index (χ4n) is 2.07. The number of aliphatic hydroxyl groups is 1. The van der Waals surface area contributed by atoms with Gasteiger partial charge in [0.15, 0.2) is 0 Å². The summed E-state index contributed by atoms with van der Waals surface area (Å²) in [5.41, 5.74) is 0.770. The number of hydrogen-bond donors (Lipinski definition) is 4. The van der Waals surface area contributed by atoms with Gasteiger partial charge in [0.25, 0.3) is 0 Å². The highest BCUT2D eigenvalue weighted by Gasteiger charge is 2.09. The third-order valence-corrected chi connectivity index (χ3v) is 4.96. The van der Waals surface area contributed by atoms with Gasteiger partial charge in [0.1, 0.15) is 16.8 Å². The number of nitrogens with one attached hydrogen (secondary N) is 3. The van der Waals surface area contributed by atoms with E-state index in [0.29, 0.717) is 23.3 Å². The number of hydrogen-bond acceptors (Lipinski definition) is 7. The van der Waals surface area contributed by atoms with Crippen LogP contribution < -0.4 is 15.4 Å². The minimum atomic E-state index is -1.35. The molecule has 2 rings (SSSR count). The molecule has 0 radical (unpaired) electrons. The minimum absolute atomic E-state index is 0.0638. The van der Waals surface area contributed by atoms with Gasteiger partial charge in [-0.3, -0.25) is 0 Å². The first-order valence-electron chi connectivity index (χ1n) is 7.94. The first-order valence-corrected chi connectivity index (χ1v) is 9.89. The maximum atomic E-state index is 11.9. The third-order valence-electron chi connectivity index (χ3n) is 3.21. The molecule has 1 heterocycles. The maximum Gasteiger partial charge on any atom is 0.229 e. The molecule has 26 heavy (non-hydrogen) atoms. The maximum absolute atomic E-state index is 11.9. The standard InChI is InChI=1S/C16H22BrN5O3S/c1-11(10-25-2)20-15-14(17)9-18-16(22-15)21-12-3-5-13(6-4-12)26(24)19-7-8-23/h3-6,9,11,19,23H,7-8,10H2,1-2H3,(H2,18,20,21,22). The Kier molecular flexibility index (Phi) is 8.39. The van der Waals surface area contributed by atoms with Gasteiger partial charge in [0, 0.05) is 31.6 Å². The van der Waals surface area contributed by atoms with Crippen LogP contribution in [0.25, 0.3) is 0 Å². The average molecular weight is 444 g/mol. The highest BCUT2D eigenvalue weighted by Crippen LogP contribution is 2.23. The van der Waals surface area contributed by atoms with Crippen LogP contribution in [-0.4, -0.2) is 52.2 Å². The van der Waals surface area contributed by atoms with Crippen LogP contribution >= 0.6 is 15.9 Å². The number of benzene rings is 1. The fourth-order valence-corrected chi connectivity index (χ4v) is 3.20. The summed E-state index contributed by atoms with van der Waals surface area (Å²) in [4.78, 5) is 9.32. The summed E-state index contributed by atoms with van der Waals surface area (Å²) in [5.74, 6) is 1.10. The zero-order valence-electron chi connectivity index (χ0n) is 14.5. The lowest BCUT2D eigenvalue weighted by atomic mass is 10.3. The summed E-state index contributed by atoms with van der Waals surface area (Å²) in [6.45, 7) is 2.76. The Balaban J connectivity index is 2.05. The van der Waals surface area contributed by atoms with E-state index in [2.05, 4.69) is 41.3 Å². The van der Waals surface area contributed by atoms with E-state index in [1.807, 2.05) is 6.92 Å². The van der Waals surface area contributed by atoms with Gasteiger partial charge in [-0.1, -0.05) is 0 Å². The monoisotopic (exact) mass is 443 g/mol. The number of methoxy groups -OCH3 is 1. The van der Waals surface area contributed by atoms with Crippen molar-refractivity contribution >= 4 is 44.4 Å². The van der Waals surface area contributed by atoms with Crippen molar-refractivity contribution in [3.63, 3.8) is 0 Å². The molecule has 0 amide bonds. The molecule has 0 spiro atoms. The van der Waals surface area contributed by atoms with Crippen molar-refractivity contribution in [3.05, 3.63) is 34.9 Å². The first-order chi connectivity index (χ1) is 12.5. The largest absolute Gasteiger partial charge is 0.395 e. The van der Waals surface area contributed by atoms with Gasteiger partial charge in [0.05, 0.1) is 22.6 Å². The van der Waals surface area contributed by atoms with Crippen molar-refractivity contribution in [2.75, 3.05) is 37.5 Å². The van der Waals surface area contributed by atoms with Crippen molar-refractivity contribution in [2.24, 2.45) is 0 Å². The molecule has 0 fully saturated rings. The van der Waals surface area contributed by atoms with Crippen LogP contribution in [0.2, 0.25) is 0 Å². The molecule has 0 bridgehead atoms. The Morgan fingerprint density at radius 2 is 2.08 bits per heavy atom. The third kappa shape index (κ3) is 6.29. The number of ether oxygens (including phenoxy) is 1. The first kappa shape index (κ1) is 20.7. The Morgan fingerprint density at radius 3 is 2.73 bits per heavy atom. The van der Waals surface area contributed by atoms with Crippen LogP contribution in [0.15, 0.2) is 39.8 Å². The number of nitrogens with zero attached hydrogens (tertiary/aromatic N) is 2. The van der Waals surface area contributed by atoms with Crippen molar-refractivity contribution in [1.29, 1.82) is 0 Å². The van der Waals surface area contributed by atoms with Crippen LogP contribution in [0.3, 0.4) is 0 Å². The highest BCUT2D eigenvalue weighted by atomic mass is 79.9. The van der Waals surface area contributed by atoms with Crippen LogP contribution in [0, 0.1) is 0 Å². The normalized spacial score (nSPS) is 13.2. The molecule has 0 aliphatic heterocycles. The molecule has 1 aromatic heterocycles. The van der Waals surface area contributed by atoms with Crippen LogP contribution in [-0.2, 0) is 15.7 Å². The SMILES string of the molecule is COCC(C)Nc1nc(Nc2ccc(S(=O)NCCO)cc2)ncc1Br. The van der Waals surface area contributed by atoms with E-state index in [1.165, 1.54) is 0 Å². The summed E-state index contributed by atoms with van der Waals surface area (Å²) < 4.78 is 20.5. The summed E-state index contributed by atoms with van der Waals surface area (Å²) >= 11 is 3.43. The lowest BCUT2D eigenvalue weighted by Gasteiger charge is -2.15. The van der Waals surface area contributed by atoms with Gasteiger partial charge in [0.2, 0.25) is 5.95 Å². The second-order valence-electron chi connectivity index (χ2n) is 5.43. The molecule has 8 nitrogen and oxygen atoms in total. The van der Waals surface area contributed by atoms with Crippen molar-refractivity contribution in [1.82, 2.24) is 14.7 Å². The Hall–Kier alpha value is -1.59. The van der Waals surface area contributed by atoms with Gasteiger partial charge in [-0.2, -0.15) is 4.98 Å². The molecular formula is C16H22BrN5O3S. The fraction of sp³-hybridized carbons (Fsp3) is 0.375. The quantitative estimate of drug-likeness (QED) is 0.444. The molecule has 2 unspecified atom stereocenters. The number of halogens is 1. The second-order valence-corrected chi connectivity index (χ2v) is 7.58. The van der Waals surface area contributed by atoms with Crippen molar-refractivity contribution in [3.8, 4) is 0 Å². The smallest absolute Gasteiger partial charge is 0.229 e. The van der Waals surface area contributed by atoms with E-state index < -0.39 is 11.0 Å². The molecule has 0 saturated carbocycles. The molecule has 142 valence electrons. The summed E-state index contributed by atoms with van der Waals surface area (Å²) in [6, 6.07) is 7.16. The molecule has 0 saturated heterocycles. The number of rotatable bonds is 10. The number of aromatic nitrogens is 2. The minimum Gasteiger partial charge on any atom is -0.395 e. The number of anilines is 3. The van der Waals surface area contributed by atoms with Crippen LogP contribution in [0.1, 0.15) is 6.92 Å². The van der Waals surface area contributed by atoms with Crippen LogP contribution in [0.5, 0.6) is 0 Å². The van der Waals surface area contributed by atoms with Crippen molar-refractivity contribution in [2.45, 2.75) is 17.9 Å². The molecule has 2 atom stereocenters. The zero-order chi connectivity index (χ0) is 18.9. The summed E-state index contributed by atoms with van der Waals surface area (Å²) in [6.07, 6.45) is 1.67. The van der Waals surface area contributed by atoms with E-state index in [-0.39, 0.29) is 19.2 Å². The Bertz CT molecular complexity index is 732. The molecule has 0 aliphatic rings. The molecule has 4 N–H and O–H groups in total. The molecule has 10 heteroatoms. The van der Waals surface area contributed by atoms with Gasteiger partial charge in [-0.15, -0.1) is 0 Å². The Morgan fingerprint density at radius 1 is 1.35 bits per heavy atom. The molecule has 2 aromatic rings. The summed E-state index contributed by atoms with van der Waals surface area (Å²) in [5, 5.41) is 15.1. The lowest BCUT2D eigenvalue weighted by Crippen LogP contribution is -2.22. The van der Waals surface area contributed by atoms with E-state index >= 15 is 0 Å². The summed E-state index contributed by atoms with van der Waals surface area (Å²) in [7, 11) is 0.298. The van der Waals surface area contributed by atoms with Crippen molar-refractivity contribution < 1.29 is 14.1 Å². The van der Waals surface area contributed by atoms with E-state index in [9.17, 15) is 4.21 Å². The van der Waals surface area contributed by atoms with Gasteiger partial charge in [-0.05, 0) is 47.1 Å². The lowest BCUT2D eigenvalue weighted by molar-refractivity contribution is 0.190. The number of aliphatic hydroxyl groups excluding tert-OH is 1. The van der Waals surface area contributed by atoms with E-state index in [1.54, 1.807) is 37.6 Å². The topological polar surface area (TPSA) is 108 Å². The van der Waals surface area contributed by atoms with E-state index in [0.717, 1.165) is 10.2 Å². The highest BCUT2D eigenvalue weighted by molar-refractivity contribution is 9.10. The van der Waals surface area contributed by atoms with E-state index in [4.69, 9.17) is 9.84 Å². The second kappa shape index (κ2) is 10.5. The van der Waals surface area contributed by atoms with Gasteiger partial charge >= 0.3 is 0 Å². The molecular weight excluding hydrogens is 422 g/mol. The van der Waals surface area contributed by atoms with Gasteiger partial charge < -0.3 is 20.5 Å². The zero-order valence-corrected chi connectivity index (χ0v) is 16.9. The van der Waals surface area contributed by atoms with Crippen LogP contribution in [0.4, 0.5) is 17.5 Å².